The Morgan fingerprint density at radius 2 is 1.90 bits per heavy atom. The normalized spacial score (nSPS) is 32.9. The molecular weight excluding hydrogens is 388 g/mol. The smallest absolute Gasteiger partial charge is 0.268 e. The number of aromatic nitrogens is 2. The lowest BCUT2D eigenvalue weighted by molar-refractivity contribution is -0.0628. The molecule has 0 aliphatic heterocycles. The second kappa shape index (κ2) is 7.13. The molecule has 2 heterocycles. The fourth-order valence-corrected chi connectivity index (χ4v) is 6.62. The summed E-state index contributed by atoms with van der Waals surface area (Å²) in [7, 11) is 0. The number of nitrogens with zero attached hydrogens (tertiary/aromatic N) is 1. The number of hydrogen-bond acceptors (Lipinski definition) is 3. The number of nitrogens with two attached hydrogens (primary N) is 1. The summed E-state index contributed by atoms with van der Waals surface area (Å²) in [6.07, 6.45) is 7.68. The number of primary amides is 1. The molecule has 3 aliphatic rings. The Hall–Kier alpha value is -2.31. The van der Waals surface area contributed by atoms with Crippen LogP contribution < -0.4 is 11.2 Å². The van der Waals surface area contributed by atoms with E-state index in [0.29, 0.717) is 23.5 Å². The summed E-state index contributed by atoms with van der Waals surface area (Å²) in [5, 5.41) is 0.128. The number of carbonyl (C=O) groups is 1. The van der Waals surface area contributed by atoms with Crippen LogP contribution in [-0.4, -0.2) is 21.8 Å². The molecular formula is C23H27F2N3O2. The third-order valence-corrected chi connectivity index (χ3v) is 7.91. The largest absolute Gasteiger partial charge is 0.364 e. The lowest BCUT2D eigenvalue weighted by Gasteiger charge is -2.39. The highest BCUT2D eigenvalue weighted by Gasteiger charge is 2.48. The van der Waals surface area contributed by atoms with Gasteiger partial charge in [0.2, 0.25) is 5.92 Å². The van der Waals surface area contributed by atoms with E-state index in [4.69, 9.17) is 5.73 Å². The number of aromatic amines is 1. The highest BCUT2D eigenvalue weighted by molar-refractivity contribution is 6.03. The van der Waals surface area contributed by atoms with E-state index in [1.54, 1.807) is 6.07 Å². The first-order valence-electron chi connectivity index (χ1n) is 11.0. The summed E-state index contributed by atoms with van der Waals surface area (Å²) in [5.41, 5.74) is 5.86. The van der Waals surface area contributed by atoms with Crippen molar-refractivity contribution in [3.63, 3.8) is 0 Å². The molecule has 1 amide bonds. The zero-order valence-electron chi connectivity index (χ0n) is 16.9. The molecule has 0 bridgehead atoms. The van der Waals surface area contributed by atoms with Crippen LogP contribution in [-0.2, 0) is 0 Å². The third kappa shape index (κ3) is 3.32. The van der Waals surface area contributed by atoms with Crippen molar-refractivity contribution in [3.8, 4) is 0 Å². The third-order valence-electron chi connectivity index (χ3n) is 7.91. The van der Waals surface area contributed by atoms with Crippen molar-refractivity contribution in [2.24, 2.45) is 29.4 Å². The van der Waals surface area contributed by atoms with E-state index in [2.05, 4.69) is 9.97 Å². The molecule has 3 N–H and O–H groups in total. The van der Waals surface area contributed by atoms with Crippen LogP contribution in [0.5, 0.6) is 0 Å². The van der Waals surface area contributed by atoms with Gasteiger partial charge in [0.15, 0.2) is 5.43 Å². The first-order chi connectivity index (χ1) is 14.3. The fraction of sp³-hybridized carbons (Fsp3) is 0.609. The Morgan fingerprint density at radius 3 is 2.60 bits per heavy atom. The van der Waals surface area contributed by atoms with Crippen molar-refractivity contribution in [1.82, 2.24) is 9.97 Å². The van der Waals surface area contributed by atoms with Gasteiger partial charge in [-0.3, -0.25) is 14.6 Å². The van der Waals surface area contributed by atoms with Gasteiger partial charge in [0.25, 0.3) is 5.91 Å². The zero-order valence-corrected chi connectivity index (χ0v) is 16.9. The summed E-state index contributed by atoms with van der Waals surface area (Å²) in [5.74, 6) is -1.80. The average molecular weight is 415 g/mol. The molecule has 5 nitrogen and oxygen atoms in total. The summed E-state index contributed by atoms with van der Waals surface area (Å²) in [6, 6.07) is 2.99. The van der Waals surface area contributed by atoms with E-state index in [1.165, 1.54) is 31.5 Å². The standard InChI is InChI=1S/C23H27F2N3O2/c24-23(25)6-4-15(14-8-12-2-1-3-13(12)9-14)16(11-23)18-10-19(29)20-17(28-18)5-7-27-21(20)22(26)30/h5,7,10,12-16H,1-4,6,8-9,11H2,(H2,26,30)(H,28,29)/t12-,13+,14?,15?,16?. The zero-order chi connectivity index (χ0) is 21.0. The van der Waals surface area contributed by atoms with Crippen LogP contribution in [0.1, 0.15) is 73.5 Å². The maximum Gasteiger partial charge on any atom is 0.268 e. The Balaban J connectivity index is 1.54. The Kier molecular flexibility index (Phi) is 4.67. The van der Waals surface area contributed by atoms with Gasteiger partial charge in [0, 0.05) is 36.7 Å². The second-order valence-corrected chi connectivity index (χ2v) is 9.59. The van der Waals surface area contributed by atoms with Gasteiger partial charge in [0.05, 0.1) is 10.9 Å². The summed E-state index contributed by atoms with van der Waals surface area (Å²) in [4.78, 5) is 31.7. The van der Waals surface area contributed by atoms with Gasteiger partial charge >= 0.3 is 0 Å². The van der Waals surface area contributed by atoms with E-state index < -0.39 is 17.3 Å². The monoisotopic (exact) mass is 415 g/mol. The van der Waals surface area contributed by atoms with Crippen molar-refractivity contribution in [1.29, 1.82) is 0 Å². The highest BCUT2D eigenvalue weighted by atomic mass is 19.3. The Morgan fingerprint density at radius 1 is 1.17 bits per heavy atom. The number of rotatable bonds is 3. The van der Waals surface area contributed by atoms with E-state index in [0.717, 1.165) is 24.7 Å². The molecule has 5 rings (SSSR count). The first-order valence-corrected chi connectivity index (χ1v) is 11.0. The maximum absolute atomic E-state index is 14.5. The van der Waals surface area contributed by atoms with Gasteiger partial charge in [-0.05, 0) is 49.0 Å². The van der Waals surface area contributed by atoms with Crippen molar-refractivity contribution in [2.45, 2.75) is 63.2 Å². The van der Waals surface area contributed by atoms with Gasteiger partial charge in [0.1, 0.15) is 5.69 Å². The number of fused-ring (bicyclic) bond motifs is 2. The summed E-state index contributed by atoms with van der Waals surface area (Å²) in [6.45, 7) is 0. The van der Waals surface area contributed by atoms with E-state index >= 15 is 0 Å². The number of hydrogen-bond donors (Lipinski definition) is 2. The predicted molar refractivity (Wildman–Crippen MR) is 109 cm³/mol. The Bertz CT molecular complexity index is 1040. The van der Waals surface area contributed by atoms with Gasteiger partial charge in [-0.2, -0.15) is 0 Å². The minimum Gasteiger partial charge on any atom is -0.364 e. The van der Waals surface area contributed by atoms with Gasteiger partial charge in [-0.1, -0.05) is 19.3 Å². The van der Waals surface area contributed by atoms with Crippen molar-refractivity contribution >= 4 is 16.8 Å². The van der Waals surface area contributed by atoms with Crippen molar-refractivity contribution in [2.75, 3.05) is 0 Å². The summed E-state index contributed by atoms with van der Waals surface area (Å²) < 4.78 is 28.9. The molecule has 30 heavy (non-hydrogen) atoms. The number of pyridine rings is 2. The van der Waals surface area contributed by atoms with Crippen LogP contribution in [0.4, 0.5) is 8.78 Å². The molecule has 2 aromatic heterocycles. The first kappa shape index (κ1) is 19.6. The Labute approximate surface area is 173 Å². The highest BCUT2D eigenvalue weighted by Crippen LogP contribution is 2.55. The van der Waals surface area contributed by atoms with Crippen molar-refractivity contribution in [3.05, 3.63) is 39.9 Å². The quantitative estimate of drug-likeness (QED) is 0.780. The van der Waals surface area contributed by atoms with E-state index in [1.807, 2.05) is 0 Å². The fourth-order valence-electron chi connectivity index (χ4n) is 6.62. The van der Waals surface area contributed by atoms with Crippen molar-refractivity contribution < 1.29 is 13.6 Å². The number of carbonyl (C=O) groups excluding carboxylic acids is 1. The molecule has 0 aromatic carbocycles. The topological polar surface area (TPSA) is 88.8 Å². The summed E-state index contributed by atoms with van der Waals surface area (Å²) >= 11 is 0. The average Bonchev–Trinajstić information content (AvgIpc) is 3.28. The number of H-pyrrole nitrogens is 1. The maximum atomic E-state index is 14.5. The van der Waals surface area contributed by atoms with Crippen LogP contribution in [0, 0.1) is 23.7 Å². The molecule has 0 radical (unpaired) electrons. The molecule has 0 saturated heterocycles. The molecule has 3 aliphatic carbocycles. The van der Waals surface area contributed by atoms with Gasteiger partial charge in [-0.25, -0.2) is 8.78 Å². The minimum absolute atomic E-state index is 0.0758. The molecule has 0 spiro atoms. The SMILES string of the molecule is NC(=O)c1nccc2[nH]c(C3CC(F)(F)CCC3C3C[C@H]4CCC[C@H]4C3)cc(=O)c12. The van der Waals surface area contributed by atoms with E-state index in [9.17, 15) is 18.4 Å². The number of alkyl halides is 2. The van der Waals surface area contributed by atoms with Crippen LogP contribution in [0.2, 0.25) is 0 Å². The second-order valence-electron chi connectivity index (χ2n) is 9.59. The van der Waals surface area contributed by atoms with Gasteiger partial charge < -0.3 is 10.7 Å². The molecule has 7 heteroatoms. The molecule has 2 aromatic rings. The van der Waals surface area contributed by atoms with Crippen LogP contribution in [0.25, 0.3) is 10.9 Å². The predicted octanol–water partition coefficient (Wildman–Crippen LogP) is 4.37. The van der Waals surface area contributed by atoms with E-state index in [-0.39, 0.29) is 35.8 Å². The number of halogens is 2. The lowest BCUT2D eigenvalue weighted by atomic mass is 9.68. The molecule has 3 saturated carbocycles. The van der Waals surface area contributed by atoms with Crippen LogP contribution >= 0.6 is 0 Å². The number of amides is 1. The minimum atomic E-state index is -2.72. The molecule has 3 unspecified atom stereocenters. The molecule has 5 atom stereocenters. The van der Waals surface area contributed by atoms with Crippen LogP contribution in [0.3, 0.4) is 0 Å². The number of nitrogens with one attached hydrogen (secondary N) is 1. The lowest BCUT2D eigenvalue weighted by Crippen LogP contribution is -2.35. The molecule has 160 valence electrons. The van der Waals surface area contributed by atoms with Gasteiger partial charge in [-0.15, -0.1) is 0 Å². The van der Waals surface area contributed by atoms with Crippen LogP contribution in [0.15, 0.2) is 23.1 Å². The molecule has 3 fully saturated rings.